The number of halogens is 1. The van der Waals surface area contributed by atoms with Crippen molar-refractivity contribution in [3.05, 3.63) is 53.3 Å². The molecule has 1 heterocycles. The van der Waals surface area contributed by atoms with Crippen molar-refractivity contribution < 1.29 is 23.4 Å². The van der Waals surface area contributed by atoms with Crippen LogP contribution in [0.4, 0.5) is 4.39 Å². The number of carbonyl (C=O) groups excluding carboxylic acids is 1. The van der Waals surface area contributed by atoms with Crippen molar-refractivity contribution in [3.63, 3.8) is 0 Å². The number of benzene rings is 2. The molecule has 138 valence electrons. The molecule has 2 aromatic rings. The van der Waals surface area contributed by atoms with Gasteiger partial charge in [0, 0.05) is 12.1 Å². The number of hydrogen-bond donors (Lipinski definition) is 0. The molecule has 3 rings (SSSR count). The lowest BCUT2D eigenvalue weighted by molar-refractivity contribution is -0.128. The van der Waals surface area contributed by atoms with E-state index in [-0.39, 0.29) is 23.6 Å². The van der Waals surface area contributed by atoms with E-state index in [4.69, 9.17) is 14.2 Å². The maximum atomic E-state index is 14.0. The molecule has 0 aliphatic carbocycles. The number of ether oxygens (including phenoxy) is 3. The fourth-order valence-electron chi connectivity index (χ4n) is 2.96. The van der Waals surface area contributed by atoms with Crippen molar-refractivity contribution in [2.24, 2.45) is 0 Å². The molecule has 0 spiro atoms. The number of hydrogen-bond acceptors (Lipinski definition) is 5. The van der Waals surface area contributed by atoms with Gasteiger partial charge < -0.3 is 19.1 Å². The van der Waals surface area contributed by atoms with Crippen LogP contribution in [0.5, 0.6) is 17.2 Å². The zero-order valence-corrected chi connectivity index (χ0v) is 15.6. The maximum Gasteiger partial charge on any atom is 0.234 e. The van der Waals surface area contributed by atoms with Crippen LogP contribution in [-0.4, -0.2) is 37.9 Å². The van der Waals surface area contributed by atoms with E-state index in [1.807, 2.05) is 12.1 Å². The SMILES string of the molecule is COc1cc(C2SCC(=O)N2Cc2ccccc2F)cc(OC)c1OC. The van der Waals surface area contributed by atoms with E-state index in [2.05, 4.69) is 0 Å². The molecule has 0 aromatic heterocycles. The van der Waals surface area contributed by atoms with Crippen LogP contribution < -0.4 is 14.2 Å². The average Bonchev–Trinajstić information content (AvgIpc) is 3.02. The highest BCUT2D eigenvalue weighted by molar-refractivity contribution is 8.00. The Morgan fingerprint density at radius 2 is 1.77 bits per heavy atom. The molecule has 2 aromatic carbocycles. The monoisotopic (exact) mass is 377 g/mol. The molecule has 7 heteroatoms. The molecule has 1 aliphatic rings. The van der Waals surface area contributed by atoms with Gasteiger partial charge in [-0.2, -0.15) is 0 Å². The Morgan fingerprint density at radius 3 is 2.35 bits per heavy atom. The first-order chi connectivity index (χ1) is 12.6. The Hall–Kier alpha value is -2.41. The number of carbonyl (C=O) groups is 1. The van der Waals surface area contributed by atoms with Crippen LogP contribution in [0, 0.1) is 5.82 Å². The van der Waals surface area contributed by atoms with E-state index in [1.165, 1.54) is 17.8 Å². The Morgan fingerprint density at radius 1 is 1.12 bits per heavy atom. The summed E-state index contributed by atoms with van der Waals surface area (Å²) < 4.78 is 30.2. The zero-order valence-electron chi connectivity index (χ0n) is 14.8. The minimum atomic E-state index is -0.319. The van der Waals surface area contributed by atoms with Gasteiger partial charge in [-0.25, -0.2) is 4.39 Å². The Kier molecular flexibility index (Phi) is 5.56. The molecule has 0 radical (unpaired) electrons. The summed E-state index contributed by atoms with van der Waals surface area (Å²) >= 11 is 1.49. The summed E-state index contributed by atoms with van der Waals surface area (Å²) in [5.41, 5.74) is 1.33. The van der Waals surface area contributed by atoms with Gasteiger partial charge in [-0.1, -0.05) is 18.2 Å². The molecular formula is C19H20FNO4S. The molecule has 1 aliphatic heterocycles. The third kappa shape index (κ3) is 3.44. The van der Waals surface area contributed by atoms with Gasteiger partial charge in [0.05, 0.1) is 27.1 Å². The van der Waals surface area contributed by atoms with E-state index >= 15 is 0 Å². The third-order valence-corrected chi connectivity index (χ3v) is 5.49. The predicted molar refractivity (Wildman–Crippen MR) is 98.2 cm³/mol. The van der Waals surface area contributed by atoms with Crippen molar-refractivity contribution >= 4 is 17.7 Å². The van der Waals surface area contributed by atoms with Crippen LogP contribution in [0.2, 0.25) is 0 Å². The molecule has 1 atom stereocenters. The van der Waals surface area contributed by atoms with Crippen molar-refractivity contribution in [3.8, 4) is 17.2 Å². The number of rotatable bonds is 6. The normalized spacial score (nSPS) is 16.7. The average molecular weight is 377 g/mol. The van der Waals surface area contributed by atoms with Crippen molar-refractivity contribution in [2.45, 2.75) is 11.9 Å². The Balaban J connectivity index is 1.97. The molecular weight excluding hydrogens is 357 g/mol. The van der Waals surface area contributed by atoms with Gasteiger partial charge in [0.1, 0.15) is 11.2 Å². The van der Waals surface area contributed by atoms with Crippen molar-refractivity contribution in [2.75, 3.05) is 27.1 Å². The van der Waals surface area contributed by atoms with Gasteiger partial charge in [-0.3, -0.25) is 4.79 Å². The lowest BCUT2D eigenvalue weighted by Crippen LogP contribution is -2.28. The van der Waals surface area contributed by atoms with E-state index in [0.29, 0.717) is 28.6 Å². The van der Waals surface area contributed by atoms with Crippen LogP contribution in [-0.2, 0) is 11.3 Å². The summed E-state index contributed by atoms with van der Waals surface area (Å²) in [5.74, 6) is 1.53. The molecule has 0 bridgehead atoms. The van der Waals surface area contributed by atoms with Crippen molar-refractivity contribution in [1.29, 1.82) is 0 Å². The molecule has 0 N–H and O–H groups in total. The summed E-state index contributed by atoms with van der Waals surface area (Å²) in [4.78, 5) is 14.1. The number of amides is 1. The smallest absolute Gasteiger partial charge is 0.234 e. The van der Waals surface area contributed by atoms with Gasteiger partial charge in [0.2, 0.25) is 11.7 Å². The molecule has 1 unspecified atom stereocenters. The van der Waals surface area contributed by atoms with Crippen LogP contribution >= 0.6 is 11.8 Å². The third-order valence-electron chi connectivity index (χ3n) is 4.24. The standard InChI is InChI=1S/C19H20FNO4S/c1-23-15-8-13(9-16(24-2)18(15)25-3)19-21(17(22)11-26-19)10-12-6-4-5-7-14(12)20/h4-9,19H,10-11H2,1-3H3. The molecule has 0 saturated carbocycles. The number of methoxy groups -OCH3 is 3. The highest BCUT2D eigenvalue weighted by Crippen LogP contribution is 2.46. The van der Waals surface area contributed by atoms with Crippen LogP contribution in [0.3, 0.4) is 0 Å². The fourth-order valence-corrected chi connectivity index (χ4v) is 4.12. The minimum Gasteiger partial charge on any atom is -0.493 e. The summed E-state index contributed by atoms with van der Waals surface area (Å²) in [6.07, 6.45) is 0. The van der Waals surface area contributed by atoms with Gasteiger partial charge in [-0.05, 0) is 23.8 Å². The maximum absolute atomic E-state index is 14.0. The summed E-state index contributed by atoms with van der Waals surface area (Å²) in [6, 6.07) is 10.1. The lowest BCUT2D eigenvalue weighted by atomic mass is 10.1. The van der Waals surface area contributed by atoms with Gasteiger partial charge in [0.15, 0.2) is 11.5 Å². The molecule has 1 saturated heterocycles. The van der Waals surface area contributed by atoms with E-state index in [9.17, 15) is 9.18 Å². The first kappa shape index (κ1) is 18.4. The summed E-state index contributed by atoms with van der Waals surface area (Å²) in [7, 11) is 4.63. The summed E-state index contributed by atoms with van der Waals surface area (Å²) in [5, 5.41) is -0.254. The lowest BCUT2D eigenvalue weighted by Gasteiger charge is -2.25. The van der Waals surface area contributed by atoms with Gasteiger partial charge in [-0.15, -0.1) is 11.8 Å². The summed E-state index contributed by atoms with van der Waals surface area (Å²) in [6.45, 7) is 0.208. The highest BCUT2D eigenvalue weighted by atomic mass is 32.2. The van der Waals surface area contributed by atoms with E-state index in [1.54, 1.807) is 44.4 Å². The largest absolute Gasteiger partial charge is 0.493 e. The first-order valence-electron chi connectivity index (χ1n) is 8.03. The molecule has 5 nitrogen and oxygen atoms in total. The molecule has 1 amide bonds. The van der Waals surface area contributed by atoms with E-state index < -0.39 is 0 Å². The topological polar surface area (TPSA) is 48.0 Å². The predicted octanol–water partition coefficient (Wildman–Crippen LogP) is 3.63. The highest BCUT2D eigenvalue weighted by Gasteiger charge is 2.34. The Labute approximate surface area is 156 Å². The second-order valence-corrected chi connectivity index (χ2v) is 6.80. The van der Waals surface area contributed by atoms with Crippen LogP contribution in [0.15, 0.2) is 36.4 Å². The van der Waals surface area contributed by atoms with E-state index in [0.717, 1.165) is 5.56 Å². The second-order valence-electron chi connectivity index (χ2n) is 5.74. The molecule has 1 fully saturated rings. The zero-order chi connectivity index (χ0) is 18.7. The van der Waals surface area contributed by atoms with Crippen LogP contribution in [0.25, 0.3) is 0 Å². The fraction of sp³-hybridized carbons (Fsp3) is 0.316. The quantitative estimate of drug-likeness (QED) is 0.769. The van der Waals surface area contributed by atoms with Crippen LogP contribution in [0.1, 0.15) is 16.5 Å². The number of thioether (sulfide) groups is 1. The Bertz CT molecular complexity index is 789. The molecule has 26 heavy (non-hydrogen) atoms. The second kappa shape index (κ2) is 7.86. The van der Waals surface area contributed by atoms with Gasteiger partial charge >= 0.3 is 0 Å². The van der Waals surface area contributed by atoms with Crippen molar-refractivity contribution in [1.82, 2.24) is 4.90 Å². The van der Waals surface area contributed by atoms with Gasteiger partial charge in [0.25, 0.3) is 0 Å². The first-order valence-corrected chi connectivity index (χ1v) is 9.08. The number of nitrogens with zero attached hydrogens (tertiary/aromatic N) is 1. The minimum absolute atomic E-state index is 0.0306.